The van der Waals surface area contributed by atoms with Gasteiger partial charge in [-0.05, 0) is 30.3 Å². The first kappa shape index (κ1) is 13.9. The van der Waals surface area contributed by atoms with Crippen LogP contribution in [0.5, 0.6) is 0 Å². The van der Waals surface area contributed by atoms with Gasteiger partial charge in [-0.1, -0.05) is 11.6 Å². The normalized spacial score (nSPS) is 14.0. The first-order valence-corrected chi connectivity index (χ1v) is 8.40. The molecule has 0 saturated heterocycles. The number of benzene rings is 2. The van der Waals surface area contributed by atoms with Crippen LogP contribution in [0.3, 0.4) is 0 Å². The van der Waals surface area contributed by atoms with Crippen molar-refractivity contribution in [3.05, 3.63) is 52.7 Å². The van der Waals surface area contributed by atoms with E-state index in [0.29, 0.717) is 32.6 Å². The molecule has 0 atom stereocenters. The predicted octanol–water partition coefficient (Wildman–Crippen LogP) is 3.89. The lowest BCUT2D eigenvalue weighted by Gasteiger charge is -2.02. The molecular formula is C19H9ClN4O2. The molecule has 1 aliphatic heterocycles. The van der Waals surface area contributed by atoms with Gasteiger partial charge < -0.3 is 9.97 Å². The summed E-state index contributed by atoms with van der Waals surface area (Å²) in [6, 6.07) is 9.16. The maximum Gasteiger partial charge on any atom is 0.259 e. The summed E-state index contributed by atoms with van der Waals surface area (Å²) in [5.74, 6) is -0.783. The van der Waals surface area contributed by atoms with Crippen molar-refractivity contribution in [2.45, 2.75) is 0 Å². The molecule has 0 bridgehead atoms. The largest absolute Gasteiger partial charge is 0.353 e. The summed E-state index contributed by atoms with van der Waals surface area (Å²) in [7, 11) is 0. The quantitative estimate of drug-likeness (QED) is 0.366. The lowest BCUT2D eigenvalue weighted by molar-refractivity contribution is 0.0880. The molecular weight excluding hydrogens is 352 g/mol. The first-order chi connectivity index (χ1) is 12.6. The Morgan fingerprint density at radius 3 is 2.42 bits per heavy atom. The Hall–Kier alpha value is -3.38. The standard InChI is InChI=1S/C19H9ClN4O2/c20-7-3-4-10-9(6-7)12-14-13(18(25)24-19(14)26)11-8-2-1-5-21-17(8)23-16(11)15(12)22-10/h1-6,22H,(H,21,23)(H,24,25,26). The summed E-state index contributed by atoms with van der Waals surface area (Å²) in [6.45, 7) is 0. The van der Waals surface area contributed by atoms with Gasteiger partial charge in [0.15, 0.2) is 0 Å². The molecule has 7 heteroatoms. The number of carbonyl (C=O) groups excluding carboxylic acids is 2. The number of hydrogen-bond donors (Lipinski definition) is 3. The third-order valence-corrected chi connectivity index (χ3v) is 5.25. The van der Waals surface area contributed by atoms with Crippen LogP contribution in [-0.4, -0.2) is 26.8 Å². The summed E-state index contributed by atoms with van der Waals surface area (Å²) in [4.78, 5) is 36.2. The third kappa shape index (κ3) is 1.51. The van der Waals surface area contributed by atoms with E-state index in [1.165, 1.54) is 0 Å². The summed E-state index contributed by atoms with van der Waals surface area (Å²) >= 11 is 6.18. The van der Waals surface area contributed by atoms with Gasteiger partial charge in [0.2, 0.25) is 0 Å². The van der Waals surface area contributed by atoms with Gasteiger partial charge in [-0.15, -0.1) is 0 Å². The van der Waals surface area contributed by atoms with Crippen molar-refractivity contribution in [3.8, 4) is 0 Å². The fourth-order valence-electron chi connectivity index (χ4n) is 4.01. The predicted molar refractivity (Wildman–Crippen MR) is 99.8 cm³/mol. The number of imide groups is 1. The molecule has 2 aromatic carbocycles. The number of halogens is 1. The Morgan fingerprint density at radius 1 is 0.885 bits per heavy atom. The van der Waals surface area contributed by atoms with E-state index in [2.05, 4.69) is 20.3 Å². The van der Waals surface area contributed by atoms with Crippen LogP contribution in [-0.2, 0) is 0 Å². The van der Waals surface area contributed by atoms with Gasteiger partial charge in [-0.3, -0.25) is 14.9 Å². The average molecular weight is 361 g/mol. The zero-order valence-electron chi connectivity index (χ0n) is 13.1. The molecule has 0 spiro atoms. The number of nitrogens with zero attached hydrogens (tertiary/aromatic N) is 1. The van der Waals surface area contributed by atoms with Gasteiger partial charge in [-0.25, -0.2) is 4.98 Å². The van der Waals surface area contributed by atoms with Gasteiger partial charge in [0, 0.05) is 38.3 Å². The van der Waals surface area contributed by atoms with E-state index in [4.69, 9.17) is 11.6 Å². The van der Waals surface area contributed by atoms with Crippen LogP contribution < -0.4 is 5.32 Å². The number of rotatable bonds is 0. The SMILES string of the molecule is O=C1NC(=O)c2c1c1c3cc(Cl)ccc3[nH]c1c1[nH]c3ncccc3c21. The van der Waals surface area contributed by atoms with E-state index in [9.17, 15) is 9.59 Å². The zero-order chi connectivity index (χ0) is 17.6. The summed E-state index contributed by atoms with van der Waals surface area (Å²) in [5, 5.41) is 6.01. The van der Waals surface area contributed by atoms with Gasteiger partial charge >= 0.3 is 0 Å². The molecule has 6 rings (SSSR count). The number of hydrogen-bond acceptors (Lipinski definition) is 3. The molecule has 124 valence electrons. The average Bonchev–Trinajstić information content (AvgIpc) is 3.26. The lowest BCUT2D eigenvalue weighted by Crippen LogP contribution is -2.20. The Bertz CT molecular complexity index is 1460. The number of fused-ring (bicyclic) bond motifs is 10. The molecule has 4 heterocycles. The minimum atomic E-state index is -0.393. The summed E-state index contributed by atoms with van der Waals surface area (Å²) in [5.41, 5.74) is 3.80. The number of pyridine rings is 1. The molecule has 0 unspecified atom stereocenters. The molecule has 6 nitrogen and oxygen atoms in total. The Kier molecular flexibility index (Phi) is 2.35. The molecule has 1 aliphatic rings. The van der Waals surface area contributed by atoms with Crippen molar-refractivity contribution < 1.29 is 9.59 Å². The molecule has 26 heavy (non-hydrogen) atoms. The Morgan fingerprint density at radius 2 is 1.62 bits per heavy atom. The second-order valence-electron chi connectivity index (χ2n) is 6.37. The van der Waals surface area contributed by atoms with Crippen molar-refractivity contribution in [2.75, 3.05) is 0 Å². The van der Waals surface area contributed by atoms with E-state index in [1.54, 1.807) is 18.3 Å². The molecule has 2 amide bonds. The minimum absolute atomic E-state index is 0.385. The van der Waals surface area contributed by atoms with Crippen molar-refractivity contribution in [3.63, 3.8) is 0 Å². The molecule has 0 fully saturated rings. The highest BCUT2D eigenvalue weighted by Gasteiger charge is 2.34. The van der Waals surface area contributed by atoms with Gasteiger partial charge in [0.1, 0.15) is 5.65 Å². The Balaban J connectivity index is 2.01. The topological polar surface area (TPSA) is 90.6 Å². The van der Waals surface area contributed by atoms with E-state index < -0.39 is 11.8 Å². The Labute approximate surface area is 150 Å². The highest BCUT2D eigenvalue weighted by molar-refractivity contribution is 6.39. The smallest absolute Gasteiger partial charge is 0.259 e. The van der Waals surface area contributed by atoms with Gasteiger partial charge in [-0.2, -0.15) is 0 Å². The number of amides is 2. The second-order valence-corrected chi connectivity index (χ2v) is 6.81. The first-order valence-electron chi connectivity index (χ1n) is 8.02. The molecule has 0 saturated carbocycles. The molecule has 3 aromatic heterocycles. The van der Waals surface area contributed by atoms with E-state index >= 15 is 0 Å². The maximum atomic E-state index is 12.6. The lowest BCUT2D eigenvalue weighted by atomic mass is 9.97. The fourth-order valence-corrected chi connectivity index (χ4v) is 4.19. The zero-order valence-corrected chi connectivity index (χ0v) is 13.9. The maximum absolute atomic E-state index is 12.6. The monoisotopic (exact) mass is 360 g/mol. The van der Waals surface area contributed by atoms with E-state index in [1.807, 2.05) is 18.2 Å². The summed E-state index contributed by atoms with van der Waals surface area (Å²) in [6.07, 6.45) is 1.69. The highest BCUT2D eigenvalue weighted by atomic mass is 35.5. The molecule has 3 N–H and O–H groups in total. The number of nitrogens with one attached hydrogen (secondary N) is 3. The van der Waals surface area contributed by atoms with Crippen LogP contribution in [0, 0.1) is 0 Å². The molecule has 0 aliphatic carbocycles. The highest BCUT2D eigenvalue weighted by Crippen LogP contribution is 2.41. The van der Waals surface area contributed by atoms with E-state index in [-0.39, 0.29) is 0 Å². The van der Waals surface area contributed by atoms with Crippen LogP contribution in [0.25, 0.3) is 43.7 Å². The van der Waals surface area contributed by atoms with Gasteiger partial charge in [0.05, 0.1) is 22.2 Å². The number of H-pyrrole nitrogens is 2. The number of aromatic nitrogens is 3. The number of aromatic amines is 2. The van der Waals surface area contributed by atoms with Crippen molar-refractivity contribution in [2.24, 2.45) is 0 Å². The van der Waals surface area contributed by atoms with Crippen LogP contribution in [0.1, 0.15) is 20.7 Å². The fraction of sp³-hybridized carbons (Fsp3) is 0. The van der Waals surface area contributed by atoms with Crippen molar-refractivity contribution >= 4 is 67.2 Å². The van der Waals surface area contributed by atoms with Crippen molar-refractivity contribution in [1.29, 1.82) is 0 Å². The van der Waals surface area contributed by atoms with Crippen LogP contribution in [0.2, 0.25) is 5.02 Å². The number of carbonyl (C=O) groups is 2. The minimum Gasteiger partial charge on any atom is -0.353 e. The van der Waals surface area contributed by atoms with Crippen LogP contribution in [0.4, 0.5) is 0 Å². The van der Waals surface area contributed by atoms with E-state index in [0.717, 1.165) is 27.3 Å². The molecule has 0 radical (unpaired) electrons. The van der Waals surface area contributed by atoms with Gasteiger partial charge in [0.25, 0.3) is 11.8 Å². The summed E-state index contributed by atoms with van der Waals surface area (Å²) < 4.78 is 0. The van der Waals surface area contributed by atoms with Crippen LogP contribution >= 0.6 is 11.6 Å². The second kappa shape index (κ2) is 4.42. The van der Waals surface area contributed by atoms with Crippen LogP contribution in [0.15, 0.2) is 36.5 Å². The molecule has 5 aromatic rings. The third-order valence-electron chi connectivity index (χ3n) is 5.01. The van der Waals surface area contributed by atoms with Crippen molar-refractivity contribution in [1.82, 2.24) is 20.3 Å².